The number of pyridine rings is 1. The zero-order chi connectivity index (χ0) is 11.7. The van der Waals surface area contributed by atoms with E-state index in [1.807, 2.05) is 12.1 Å². The van der Waals surface area contributed by atoms with Gasteiger partial charge >= 0.3 is 0 Å². The van der Waals surface area contributed by atoms with E-state index in [4.69, 9.17) is 0 Å². The molecule has 0 fully saturated rings. The summed E-state index contributed by atoms with van der Waals surface area (Å²) < 4.78 is 15.4. The maximum absolute atomic E-state index is 13.8. The molecule has 2 heterocycles. The fourth-order valence-electron chi connectivity index (χ4n) is 1.75. The number of fused-ring (bicyclic) bond motifs is 1. The Bertz CT molecular complexity index is 649. The lowest BCUT2D eigenvalue weighted by Crippen LogP contribution is -2.03. The summed E-state index contributed by atoms with van der Waals surface area (Å²) >= 11 is 0. The third kappa shape index (κ3) is 1.87. The van der Waals surface area contributed by atoms with Gasteiger partial charge < -0.3 is 0 Å². The molecule has 17 heavy (non-hydrogen) atoms. The molecule has 0 aliphatic heterocycles. The van der Waals surface area contributed by atoms with Gasteiger partial charge in [-0.25, -0.2) is 9.07 Å². The molecule has 0 unspecified atom stereocenters. The van der Waals surface area contributed by atoms with E-state index in [9.17, 15) is 4.39 Å². The summed E-state index contributed by atoms with van der Waals surface area (Å²) in [5, 5.41) is 8.43. The number of hydrogen-bond acceptors (Lipinski definition) is 3. The van der Waals surface area contributed by atoms with Crippen LogP contribution in [0.15, 0.2) is 42.9 Å². The fourth-order valence-corrected chi connectivity index (χ4v) is 1.75. The summed E-state index contributed by atoms with van der Waals surface area (Å²) in [6, 6.07) is 6.98. The van der Waals surface area contributed by atoms with Gasteiger partial charge in [-0.05, 0) is 12.1 Å². The Kier molecular flexibility index (Phi) is 2.29. The van der Waals surface area contributed by atoms with Gasteiger partial charge in [0.05, 0.1) is 18.3 Å². The first kappa shape index (κ1) is 9.89. The number of hydrogen-bond donors (Lipinski definition) is 0. The fraction of sp³-hybridized carbons (Fsp3) is 0.0833. The zero-order valence-corrected chi connectivity index (χ0v) is 8.92. The van der Waals surface area contributed by atoms with Crippen molar-refractivity contribution in [2.75, 3.05) is 0 Å². The van der Waals surface area contributed by atoms with Crippen molar-refractivity contribution >= 4 is 10.9 Å². The van der Waals surface area contributed by atoms with Crippen LogP contribution in [0.2, 0.25) is 0 Å². The number of aromatic nitrogens is 4. The molecule has 0 amide bonds. The van der Waals surface area contributed by atoms with E-state index in [1.54, 1.807) is 29.3 Å². The summed E-state index contributed by atoms with van der Waals surface area (Å²) in [6.07, 6.45) is 4.92. The van der Waals surface area contributed by atoms with Crippen LogP contribution in [0.25, 0.3) is 10.9 Å². The molecule has 0 bridgehead atoms. The molecule has 4 nitrogen and oxygen atoms in total. The van der Waals surface area contributed by atoms with Crippen molar-refractivity contribution in [3.63, 3.8) is 0 Å². The van der Waals surface area contributed by atoms with Crippen LogP contribution in [0.4, 0.5) is 4.39 Å². The highest BCUT2D eigenvalue weighted by atomic mass is 19.1. The Morgan fingerprint density at radius 3 is 3.00 bits per heavy atom. The second-order valence-corrected chi connectivity index (χ2v) is 3.74. The Balaban J connectivity index is 2.07. The van der Waals surface area contributed by atoms with Gasteiger partial charge in [-0.1, -0.05) is 11.3 Å². The molecule has 0 saturated heterocycles. The van der Waals surface area contributed by atoms with Crippen LogP contribution in [0.5, 0.6) is 0 Å². The topological polar surface area (TPSA) is 43.6 Å². The first-order chi connectivity index (χ1) is 8.33. The number of benzene rings is 1. The van der Waals surface area contributed by atoms with Gasteiger partial charge in [0, 0.05) is 29.4 Å². The zero-order valence-electron chi connectivity index (χ0n) is 8.92. The SMILES string of the molecule is Fc1cc2ncccc2cc1Cn1ccnn1. The molecule has 0 atom stereocenters. The van der Waals surface area contributed by atoms with Crippen LogP contribution in [-0.4, -0.2) is 20.0 Å². The first-order valence-electron chi connectivity index (χ1n) is 5.20. The van der Waals surface area contributed by atoms with Crippen LogP contribution < -0.4 is 0 Å². The van der Waals surface area contributed by atoms with Gasteiger partial charge in [0.15, 0.2) is 0 Å². The van der Waals surface area contributed by atoms with E-state index in [0.717, 1.165) is 5.39 Å². The lowest BCUT2D eigenvalue weighted by atomic mass is 10.1. The van der Waals surface area contributed by atoms with Gasteiger partial charge in [-0.15, -0.1) is 5.10 Å². The summed E-state index contributed by atoms with van der Waals surface area (Å²) in [6.45, 7) is 0.372. The Labute approximate surface area is 96.7 Å². The first-order valence-corrected chi connectivity index (χ1v) is 5.20. The maximum atomic E-state index is 13.8. The molecule has 5 heteroatoms. The van der Waals surface area contributed by atoms with Crippen LogP contribution in [0, 0.1) is 5.82 Å². The lowest BCUT2D eigenvalue weighted by Gasteiger charge is -2.05. The minimum atomic E-state index is -0.272. The minimum absolute atomic E-state index is 0.272. The molecule has 2 aromatic heterocycles. The molecule has 3 aromatic rings. The smallest absolute Gasteiger partial charge is 0.130 e. The van der Waals surface area contributed by atoms with E-state index in [0.29, 0.717) is 17.6 Å². The van der Waals surface area contributed by atoms with Crippen LogP contribution in [-0.2, 0) is 6.54 Å². The summed E-state index contributed by atoms with van der Waals surface area (Å²) in [5.74, 6) is -0.272. The molecule has 0 radical (unpaired) electrons. The summed E-state index contributed by atoms with van der Waals surface area (Å²) in [5.41, 5.74) is 1.24. The molecule has 0 aliphatic rings. The van der Waals surface area contributed by atoms with E-state index < -0.39 is 0 Å². The van der Waals surface area contributed by atoms with Crippen molar-refractivity contribution in [1.82, 2.24) is 20.0 Å². The number of rotatable bonds is 2. The van der Waals surface area contributed by atoms with Gasteiger partial charge in [-0.2, -0.15) is 0 Å². The Morgan fingerprint density at radius 2 is 2.18 bits per heavy atom. The molecule has 0 aliphatic carbocycles. The summed E-state index contributed by atoms with van der Waals surface area (Å²) in [4.78, 5) is 4.11. The van der Waals surface area contributed by atoms with E-state index in [2.05, 4.69) is 15.3 Å². The average Bonchev–Trinajstić information content (AvgIpc) is 2.83. The molecule has 84 valence electrons. The second kappa shape index (κ2) is 3.93. The van der Waals surface area contributed by atoms with Crippen molar-refractivity contribution in [2.24, 2.45) is 0 Å². The quantitative estimate of drug-likeness (QED) is 0.674. The molecular weight excluding hydrogens is 219 g/mol. The van der Waals surface area contributed by atoms with Crippen LogP contribution in [0.1, 0.15) is 5.56 Å². The predicted molar refractivity (Wildman–Crippen MR) is 60.8 cm³/mol. The molecule has 1 aromatic carbocycles. The van der Waals surface area contributed by atoms with Gasteiger partial charge in [0.1, 0.15) is 5.82 Å². The summed E-state index contributed by atoms with van der Waals surface area (Å²) in [7, 11) is 0. The normalized spacial score (nSPS) is 10.9. The van der Waals surface area contributed by atoms with E-state index in [-0.39, 0.29) is 5.82 Å². The highest BCUT2D eigenvalue weighted by Crippen LogP contribution is 2.17. The highest BCUT2D eigenvalue weighted by Gasteiger charge is 2.06. The number of halogens is 1. The van der Waals surface area contributed by atoms with Crippen LogP contribution >= 0.6 is 0 Å². The van der Waals surface area contributed by atoms with Crippen molar-refractivity contribution < 1.29 is 4.39 Å². The Morgan fingerprint density at radius 1 is 1.24 bits per heavy atom. The van der Waals surface area contributed by atoms with E-state index in [1.165, 1.54) is 6.07 Å². The number of nitrogens with zero attached hydrogens (tertiary/aromatic N) is 4. The molecule has 0 saturated carbocycles. The third-order valence-corrected chi connectivity index (χ3v) is 2.58. The Hall–Kier alpha value is -2.30. The largest absolute Gasteiger partial charge is 0.256 e. The van der Waals surface area contributed by atoms with Crippen molar-refractivity contribution in [1.29, 1.82) is 0 Å². The molecule has 0 N–H and O–H groups in total. The van der Waals surface area contributed by atoms with Crippen LogP contribution in [0.3, 0.4) is 0 Å². The monoisotopic (exact) mass is 228 g/mol. The molecule has 0 spiro atoms. The second-order valence-electron chi connectivity index (χ2n) is 3.74. The van der Waals surface area contributed by atoms with Crippen molar-refractivity contribution in [3.05, 3.63) is 54.2 Å². The average molecular weight is 228 g/mol. The predicted octanol–water partition coefficient (Wildman–Crippen LogP) is 2.01. The van der Waals surface area contributed by atoms with Gasteiger partial charge in [0.25, 0.3) is 0 Å². The molecule has 3 rings (SSSR count). The van der Waals surface area contributed by atoms with Gasteiger partial charge in [-0.3, -0.25) is 4.98 Å². The maximum Gasteiger partial charge on any atom is 0.130 e. The third-order valence-electron chi connectivity index (χ3n) is 2.58. The van der Waals surface area contributed by atoms with E-state index >= 15 is 0 Å². The lowest BCUT2D eigenvalue weighted by molar-refractivity contribution is 0.578. The molecular formula is C12H9FN4. The van der Waals surface area contributed by atoms with Crippen molar-refractivity contribution in [3.8, 4) is 0 Å². The van der Waals surface area contributed by atoms with Gasteiger partial charge in [0.2, 0.25) is 0 Å². The minimum Gasteiger partial charge on any atom is -0.256 e. The van der Waals surface area contributed by atoms with Crippen molar-refractivity contribution in [2.45, 2.75) is 6.54 Å². The standard InChI is InChI=1S/C12H9FN4/c13-11-7-12-9(2-1-3-14-12)6-10(11)8-17-5-4-15-16-17/h1-7H,8H2. The highest BCUT2D eigenvalue weighted by molar-refractivity contribution is 5.79.